The number of nitrogens with zero attached hydrogens (tertiary/aromatic N) is 5. The molecular weight excluding hydrogens is 335 g/mol. The number of carbonyl (C=O) groups is 1. The van der Waals surface area contributed by atoms with Gasteiger partial charge in [0.15, 0.2) is 0 Å². The molecule has 0 bridgehead atoms. The third-order valence-corrected chi connectivity index (χ3v) is 3.63. The largest absolute Gasteiger partial charge is 0.343 e. The first kappa shape index (κ1) is 20.0. The first-order valence-corrected chi connectivity index (χ1v) is 7.41. The van der Waals surface area contributed by atoms with Crippen molar-refractivity contribution in [1.29, 1.82) is 0 Å². The van der Waals surface area contributed by atoms with E-state index in [9.17, 15) is 9.18 Å². The Hall–Kier alpha value is -2.06. The van der Waals surface area contributed by atoms with Gasteiger partial charge in [0, 0.05) is 26.6 Å². The minimum Gasteiger partial charge on any atom is -0.343 e. The second-order valence-electron chi connectivity index (χ2n) is 5.38. The van der Waals surface area contributed by atoms with Crippen LogP contribution < -0.4 is 5.32 Å². The number of tetrazole rings is 1. The summed E-state index contributed by atoms with van der Waals surface area (Å²) in [6, 6.07) is 5.61. The molecule has 7 nitrogen and oxygen atoms in total. The number of rotatable bonds is 7. The van der Waals surface area contributed by atoms with Gasteiger partial charge < -0.3 is 10.2 Å². The van der Waals surface area contributed by atoms with Crippen LogP contribution in [0, 0.1) is 12.7 Å². The normalized spacial score (nSPS) is 11.7. The highest BCUT2D eigenvalue weighted by Gasteiger charge is 2.27. The molecule has 1 aromatic heterocycles. The molecule has 0 radical (unpaired) electrons. The molecule has 0 spiro atoms. The molecule has 0 saturated carbocycles. The first-order chi connectivity index (χ1) is 11.0. The maximum Gasteiger partial charge on any atom is 0.247 e. The number of benzene rings is 1. The van der Waals surface area contributed by atoms with E-state index < -0.39 is 6.04 Å². The average Bonchev–Trinajstić information content (AvgIpc) is 2.95. The molecule has 0 aliphatic rings. The Morgan fingerprint density at radius 1 is 1.46 bits per heavy atom. The number of aryl methyl sites for hydroxylation is 1. The molecule has 0 saturated heterocycles. The van der Waals surface area contributed by atoms with Gasteiger partial charge in [0.05, 0.1) is 0 Å². The molecular formula is C15H22ClFN6O. The van der Waals surface area contributed by atoms with Gasteiger partial charge in [-0.1, -0.05) is 12.1 Å². The standard InChI is InChI=1S/C15H21FN6O.ClH/c1-11-18-19-20-22(11)14(15(23)21(3)8-7-17-2)10-12-5-4-6-13(16)9-12;/h4-6,9,14,17H,7-8,10H2,1-3H3;1H. The van der Waals surface area contributed by atoms with Crippen molar-refractivity contribution >= 4 is 18.3 Å². The topological polar surface area (TPSA) is 75.9 Å². The van der Waals surface area contributed by atoms with E-state index in [1.54, 1.807) is 31.0 Å². The Bertz CT molecular complexity index is 665. The maximum atomic E-state index is 13.4. The molecule has 1 heterocycles. The third-order valence-electron chi connectivity index (χ3n) is 3.63. The molecule has 24 heavy (non-hydrogen) atoms. The van der Waals surface area contributed by atoms with Gasteiger partial charge in [0.2, 0.25) is 5.91 Å². The summed E-state index contributed by atoms with van der Waals surface area (Å²) in [5.74, 6) is 0.104. The minimum absolute atomic E-state index is 0. The number of aromatic nitrogens is 4. The van der Waals surface area contributed by atoms with Gasteiger partial charge >= 0.3 is 0 Å². The van der Waals surface area contributed by atoms with Crippen molar-refractivity contribution in [3.63, 3.8) is 0 Å². The summed E-state index contributed by atoms with van der Waals surface area (Å²) in [5, 5.41) is 14.4. The van der Waals surface area contributed by atoms with Crippen LogP contribution in [0.1, 0.15) is 17.4 Å². The molecule has 0 fully saturated rings. The molecule has 0 aliphatic heterocycles. The van der Waals surface area contributed by atoms with E-state index in [0.29, 0.717) is 25.3 Å². The highest BCUT2D eigenvalue weighted by Crippen LogP contribution is 2.18. The fourth-order valence-electron chi connectivity index (χ4n) is 2.34. The Labute approximate surface area is 146 Å². The summed E-state index contributed by atoms with van der Waals surface area (Å²) < 4.78 is 14.9. The van der Waals surface area contributed by atoms with Gasteiger partial charge in [-0.25, -0.2) is 9.07 Å². The molecule has 0 aliphatic carbocycles. The SMILES string of the molecule is CNCCN(C)C(=O)C(Cc1cccc(F)c1)n1nnnc1C.Cl. The van der Waals surface area contributed by atoms with Gasteiger partial charge in [-0.2, -0.15) is 0 Å². The zero-order chi connectivity index (χ0) is 16.8. The van der Waals surface area contributed by atoms with Gasteiger partial charge in [-0.05, 0) is 42.1 Å². The number of nitrogens with one attached hydrogen (secondary N) is 1. The van der Waals surface area contributed by atoms with E-state index in [1.165, 1.54) is 16.8 Å². The fourth-order valence-corrected chi connectivity index (χ4v) is 2.34. The van der Waals surface area contributed by atoms with Crippen LogP contribution in [0.3, 0.4) is 0 Å². The maximum absolute atomic E-state index is 13.4. The van der Waals surface area contributed by atoms with E-state index in [2.05, 4.69) is 20.8 Å². The van der Waals surface area contributed by atoms with Gasteiger partial charge in [-0.15, -0.1) is 17.5 Å². The predicted molar refractivity (Wildman–Crippen MR) is 90.5 cm³/mol. The van der Waals surface area contributed by atoms with Crippen LogP contribution in [0.15, 0.2) is 24.3 Å². The Morgan fingerprint density at radius 3 is 2.79 bits per heavy atom. The van der Waals surface area contributed by atoms with Crippen LogP contribution in [0.4, 0.5) is 4.39 Å². The smallest absolute Gasteiger partial charge is 0.247 e. The van der Waals surface area contributed by atoms with Crippen molar-refractivity contribution in [3.8, 4) is 0 Å². The van der Waals surface area contributed by atoms with Gasteiger partial charge in [-0.3, -0.25) is 4.79 Å². The summed E-state index contributed by atoms with van der Waals surface area (Å²) in [6.07, 6.45) is 0.326. The quantitative estimate of drug-likeness (QED) is 0.801. The average molecular weight is 357 g/mol. The lowest BCUT2D eigenvalue weighted by Crippen LogP contribution is -2.39. The second-order valence-corrected chi connectivity index (χ2v) is 5.38. The molecule has 9 heteroatoms. The van der Waals surface area contributed by atoms with Crippen LogP contribution in [-0.4, -0.2) is 58.2 Å². The lowest BCUT2D eigenvalue weighted by atomic mass is 10.0. The molecule has 1 unspecified atom stereocenters. The van der Waals surface area contributed by atoms with Crippen LogP contribution in [0.25, 0.3) is 0 Å². The van der Waals surface area contributed by atoms with E-state index in [4.69, 9.17) is 0 Å². The number of carbonyl (C=O) groups excluding carboxylic acids is 1. The molecule has 1 aromatic carbocycles. The number of hydrogen-bond acceptors (Lipinski definition) is 5. The summed E-state index contributed by atoms with van der Waals surface area (Å²) in [4.78, 5) is 14.4. The second kappa shape index (κ2) is 9.29. The Balaban J connectivity index is 0.00000288. The van der Waals surface area contributed by atoms with Crippen LogP contribution >= 0.6 is 12.4 Å². The summed E-state index contributed by atoms with van der Waals surface area (Å²) >= 11 is 0. The number of hydrogen-bond donors (Lipinski definition) is 1. The minimum atomic E-state index is -0.603. The highest BCUT2D eigenvalue weighted by atomic mass is 35.5. The fraction of sp³-hybridized carbons (Fsp3) is 0.467. The van der Waals surface area contributed by atoms with Crippen LogP contribution in [0.5, 0.6) is 0 Å². The van der Waals surface area contributed by atoms with Crippen LogP contribution in [-0.2, 0) is 11.2 Å². The zero-order valence-electron chi connectivity index (χ0n) is 13.9. The Morgan fingerprint density at radius 2 is 2.21 bits per heavy atom. The molecule has 2 rings (SSSR count). The van der Waals surface area contributed by atoms with E-state index in [-0.39, 0.29) is 24.1 Å². The summed E-state index contributed by atoms with van der Waals surface area (Å²) in [6.45, 7) is 2.99. The van der Waals surface area contributed by atoms with Crippen molar-refractivity contribution in [3.05, 3.63) is 41.5 Å². The van der Waals surface area contributed by atoms with Crippen molar-refractivity contribution < 1.29 is 9.18 Å². The first-order valence-electron chi connectivity index (χ1n) is 7.41. The number of halogens is 2. The molecule has 1 N–H and O–H groups in total. The lowest BCUT2D eigenvalue weighted by Gasteiger charge is -2.24. The zero-order valence-corrected chi connectivity index (χ0v) is 14.8. The van der Waals surface area contributed by atoms with Gasteiger partial charge in [0.25, 0.3) is 0 Å². The van der Waals surface area contributed by atoms with E-state index in [0.717, 1.165) is 5.56 Å². The van der Waals surface area contributed by atoms with E-state index in [1.807, 2.05) is 7.05 Å². The molecule has 1 atom stereocenters. The molecule has 1 amide bonds. The van der Waals surface area contributed by atoms with E-state index >= 15 is 0 Å². The third kappa shape index (κ3) is 4.97. The summed E-state index contributed by atoms with van der Waals surface area (Å²) in [5.41, 5.74) is 0.722. The Kier molecular flexibility index (Phi) is 7.73. The lowest BCUT2D eigenvalue weighted by molar-refractivity contribution is -0.133. The molecule has 2 aromatic rings. The van der Waals surface area contributed by atoms with Crippen molar-refractivity contribution in [2.24, 2.45) is 0 Å². The predicted octanol–water partition coefficient (Wildman–Crippen LogP) is 1.00. The number of likely N-dealkylation sites (N-methyl/N-ethyl adjacent to an activating group) is 2. The molecule has 132 valence electrons. The van der Waals surface area contributed by atoms with Crippen molar-refractivity contribution in [1.82, 2.24) is 30.4 Å². The highest BCUT2D eigenvalue weighted by molar-refractivity contribution is 5.85. The monoisotopic (exact) mass is 356 g/mol. The summed E-state index contributed by atoms with van der Waals surface area (Å²) in [7, 11) is 3.56. The van der Waals surface area contributed by atoms with Gasteiger partial charge in [0.1, 0.15) is 17.7 Å². The van der Waals surface area contributed by atoms with Crippen LogP contribution in [0.2, 0.25) is 0 Å². The van der Waals surface area contributed by atoms with Crippen molar-refractivity contribution in [2.75, 3.05) is 27.2 Å². The number of amides is 1. The van der Waals surface area contributed by atoms with Crippen molar-refractivity contribution in [2.45, 2.75) is 19.4 Å².